The van der Waals surface area contributed by atoms with Crippen LogP contribution in [0, 0.1) is 0 Å². The summed E-state index contributed by atoms with van der Waals surface area (Å²) in [7, 11) is 1.44. The Bertz CT molecular complexity index is 1090. The van der Waals surface area contributed by atoms with Gasteiger partial charge in [0.15, 0.2) is 6.61 Å². The van der Waals surface area contributed by atoms with Gasteiger partial charge in [-0.1, -0.05) is 11.6 Å². The number of methoxy groups -OCH3 is 1. The van der Waals surface area contributed by atoms with Crippen LogP contribution >= 0.6 is 11.6 Å². The molecule has 2 amide bonds. The largest absolute Gasteiger partial charge is 0.495 e. The number of nitrogens with one attached hydrogen (secondary N) is 2. The van der Waals surface area contributed by atoms with E-state index in [1.807, 2.05) is 0 Å². The standard InChI is InChI=1S/C20H17ClN2O6/c1-11(24)22-14-4-6-17(27-2)15(9-14)23-19(25)10-28-20(26)18-8-12-7-13(21)3-5-16(12)29-18/h3-9H,10H2,1-2H3,(H,22,24)(H,23,25). The van der Waals surface area contributed by atoms with Gasteiger partial charge < -0.3 is 24.5 Å². The Labute approximate surface area is 170 Å². The Morgan fingerprint density at radius 3 is 2.59 bits per heavy atom. The predicted octanol–water partition coefficient (Wildman–Crippen LogP) is 3.85. The third-order valence-corrected chi connectivity index (χ3v) is 4.04. The van der Waals surface area contributed by atoms with Gasteiger partial charge in [-0.3, -0.25) is 9.59 Å². The molecule has 0 spiro atoms. The minimum atomic E-state index is -0.786. The Morgan fingerprint density at radius 1 is 1.07 bits per heavy atom. The van der Waals surface area contributed by atoms with E-state index in [0.717, 1.165) is 0 Å². The number of hydrogen-bond donors (Lipinski definition) is 2. The molecule has 0 aliphatic carbocycles. The van der Waals surface area contributed by atoms with Crippen molar-refractivity contribution < 1.29 is 28.3 Å². The van der Waals surface area contributed by atoms with E-state index in [0.29, 0.717) is 33.1 Å². The van der Waals surface area contributed by atoms with Gasteiger partial charge in [0.1, 0.15) is 11.3 Å². The smallest absolute Gasteiger partial charge is 0.374 e. The van der Waals surface area contributed by atoms with Crippen LogP contribution in [0.15, 0.2) is 46.9 Å². The maximum Gasteiger partial charge on any atom is 0.374 e. The van der Waals surface area contributed by atoms with E-state index in [2.05, 4.69) is 10.6 Å². The summed E-state index contributed by atoms with van der Waals surface area (Å²) in [5.74, 6) is -1.29. The van der Waals surface area contributed by atoms with Crippen molar-refractivity contribution in [1.82, 2.24) is 0 Å². The third kappa shape index (κ3) is 5.05. The molecule has 0 aliphatic rings. The second-order valence-electron chi connectivity index (χ2n) is 6.01. The summed E-state index contributed by atoms with van der Waals surface area (Å²) in [6.07, 6.45) is 0. The first-order valence-electron chi connectivity index (χ1n) is 8.47. The number of anilines is 2. The first-order valence-corrected chi connectivity index (χ1v) is 8.85. The van der Waals surface area contributed by atoms with Crippen LogP contribution in [-0.4, -0.2) is 31.5 Å². The Kier molecular flexibility index (Phi) is 6.04. The molecule has 1 aromatic heterocycles. The lowest BCUT2D eigenvalue weighted by Gasteiger charge is -2.12. The van der Waals surface area contributed by atoms with Crippen LogP contribution in [0.2, 0.25) is 5.02 Å². The molecule has 3 rings (SSSR count). The van der Waals surface area contributed by atoms with Crippen molar-refractivity contribution in [2.45, 2.75) is 6.92 Å². The molecule has 0 saturated heterocycles. The number of rotatable bonds is 6. The summed E-state index contributed by atoms with van der Waals surface area (Å²) in [5.41, 5.74) is 1.27. The Hall–Kier alpha value is -3.52. The van der Waals surface area contributed by atoms with Crippen LogP contribution in [0.5, 0.6) is 5.75 Å². The van der Waals surface area contributed by atoms with Gasteiger partial charge in [0.2, 0.25) is 11.7 Å². The zero-order valence-electron chi connectivity index (χ0n) is 15.6. The number of carbonyl (C=O) groups excluding carboxylic acids is 3. The lowest BCUT2D eigenvalue weighted by atomic mass is 10.2. The van der Waals surface area contributed by atoms with Crippen LogP contribution in [-0.2, 0) is 14.3 Å². The molecule has 0 unspecified atom stereocenters. The SMILES string of the molecule is COc1ccc(NC(C)=O)cc1NC(=O)COC(=O)c1cc2cc(Cl)ccc2o1. The fourth-order valence-electron chi connectivity index (χ4n) is 2.59. The van der Waals surface area contributed by atoms with Gasteiger partial charge in [-0.05, 0) is 42.5 Å². The predicted molar refractivity (Wildman–Crippen MR) is 107 cm³/mol. The second kappa shape index (κ2) is 8.66. The van der Waals surface area contributed by atoms with E-state index < -0.39 is 18.5 Å². The molecule has 8 nitrogen and oxygen atoms in total. The molecule has 1 heterocycles. The average molecular weight is 417 g/mol. The Morgan fingerprint density at radius 2 is 1.86 bits per heavy atom. The highest BCUT2D eigenvalue weighted by Gasteiger charge is 2.17. The van der Waals surface area contributed by atoms with Crippen molar-refractivity contribution in [1.29, 1.82) is 0 Å². The maximum absolute atomic E-state index is 12.2. The van der Waals surface area contributed by atoms with Crippen LogP contribution in [0.3, 0.4) is 0 Å². The summed E-state index contributed by atoms with van der Waals surface area (Å²) in [6.45, 7) is 0.831. The summed E-state index contributed by atoms with van der Waals surface area (Å²) in [4.78, 5) is 35.5. The van der Waals surface area contributed by atoms with E-state index in [-0.39, 0.29) is 11.7 Å². The van der Waals surface area contributed by atoms with E-state index in [4.69, 9.17) is 25.5 Å². The first-order chi connectivity index (χ1) is 13.9. The molecular weight excluding hydrogens is 400 g/mol. The summed E-state index contributed by atoms with van der Waals surface area (Å²) in [6, 6.07) is 11.2. The number of fused-ring (bicyclic) bond motifs is 1. The monoisotopic (exact) mass is 416 g/mol. The van der Waals surface area contributed by atoms with Crippen molar-refractivity contribution in [3.8, 4) is 5.75 Å². The van der Waals surface area contributed by atoms with Crippen LogP contribution < -0.4 is 15.4 Å². The lowest BCUT2D eigenvalue weighted by molar-refractivity contribution is -0.119. The summed E-state index contributed by atoms with van der Waals surface area (Å²) >= 11 is 5.91. The number of amides is 2. The van der Waals surface area contributed by atoms with E-state index in [1.165, 1.54) is 26.2 Å². The van der Waals surface area contributed by atoms with Crippen molar-refractivity contribution >= 4 is 51.7 Å². The molecule has 2 aromatic carbocycles. The quantitative estimate of drug-likeness (QED) is 0.591. The molecule has 0 atom stereocenters. The highest BCUT2D eigenvalue weighted by molar-refractivity contribution is 6.31. The van der Waals surface area contributed by atoms with Crippen LogP contribution in [0.4, 0.5) is 11.4 Å². The highest BCUT2D eigenvalue weighted by Crippen LogP contribution is 2.28. The van der Waals surface area contributed by atoms with Gasteiger partial charge in [0, 0.05) is 23.0 Å². The second-order valence-corrected chi connectivity index (χ2v) is 6.45. The van der Waals surface area contributed by atoms with Crippen LogP contribution in [0.1, 0.15) is 17.5 Å². The number of ether oxygens (including phenoxy) is 2. The zero-order valence-corrected chi connectivity index (χ0v) is 16.3. The molecule has 0 fully saturated rings. The van der Waals surface area contributed by atoms with Crippen molar-refractivity contribution in [2.75, 3.05) is 24.4 Å². The van der Waals surface area contributed by atoms with Gasteiger partial charge in [0.25, 0.3) is 5.91 Å². The van der Waals surface area contributed by atoms with Gasteiger partial charge in [-0.25, -0.2) is 4.79 Å². The van der Waals surface area contributed by atoms with Gasteiger partial charge in [0.05, 0.1) is 12.8 Å². The molecule has 3 aromatic rings. The van der Waals surface area contributed by atoms with E-state index >= 15 is 0 Å². The fraction of sp³-hybridized carbons (Fsp3) is 0.150. The molecular formula is C20H17ClN2O6. The number of carbonyl (C=O) groups is 3. The molecule has 9 heteroatoms. The highest BCUT2D eigenvalue weighted by atomic mass is 35.5. The van der Waals surface area contributed by atoms with Crippen molar-refractivity contribution in [3.63, 3.8) is 0 Å². The minimum absolute atomic E-state index is 0.0414. The molecule has 0 bridgehead atoms. The number of benzene rings is 2. The lowest BCUT2D eigenvalue weighted by Crippen LogP contribution is -2.21. The number of esters is 1. The first kappa shape index (κ1) is 20.2. The van der Waals surface area contributed by atoms with Gasteiger partial charge in [-0.2, -0.15) is 0 Å². The third-order valence-electron chi connectivity index (χ3n) is 3.81. The topological polar surface area (TPSA) is 107 Å². The Balaban J connectivity index is 1.64. The zero-order chi connectivity index (χ0) is 21.0. The normalized spacial score (nSPS) is 10.4. The molecule has 29 heavy (non-hydrogen) atoms. The van der Waals surface area contributed by atoms with Gasteiger partial charge >= 0.3 is 5.97 Å². The molecule has 0 saturated carbocycles. The molecule has 150 valence electrons. The average Bonchev–Trinajstić information content (AvgIpc) is 3.09. The minimum Gasteiger partial charge on any atom is -0.495 e. The van der Waals surface area contributed by atoms with Crippen LogP contribution in [0.25, 0.3) is 11.0 Å². The van der Waals surface area contributed by atoms with E-state index in [9.17, 15) is 14.4 Å². The van der Waals surface area contributed by atoms with Crippen molar-refractivity contribution in [2.24, 2.45) is 0 Å². The number of halogens is 1. The summed E-state index contributed by atoms with van der Waals surface area (Å²) in [5, 5.41) is 6.33. The summed E-state index contributed by atoms with van der Waals surface area (Å²) < 4.78 is 15.6. The maximum atomic E-state index is 12.2. The van der Waals surface area contributed by atoms with Crippen molar-refractivity contribution in [3.05, 3.63) is 53.2 Å². The number of hydrogen-bond acceptors (Lipinski definition) is 6. The molecule has 0 aliphatic heterocycles. The molecule has 0 radical (unpaired) electrons. The van der Waals surface area contributed by atoms with Gasteiger partial charge in [-0.15, -0.1) is 0 Å². The number of furan rings is 1. The van der Waals surface area contributed by atoms with E-state index in [1.54, 1.807) is 30.3 Å². The fourth-order valence-corrected chi connectivity index (χ4v) is 2.77. The molecule has 2 N–H and O–H groups in total.